The average molecular weight is 419 g/mol. The fourth-order valence-electron chi connectivity index (χ4n) is 1.99. The molecule has 0 radical (unpaired) electrons. The van der Waals surface area contributed by atoms with Crippen molar-refractivity contribution in [1.82, 2.24) is 0 Å². The minimum Gasteiger partial charge on any atom is -0.400 e. The monoisotopic (exact) mass is 418 g/mol. The van der Waals surface area contributed by atoms with E-state index in [1.54, 1.807) is 35.5 Å². The molecule has 0 heterocycles. The van der Waals surface area contributed by atoms with Crippen LogP contribution in [0.1, 0.15) is 26.7 Å². The molecule has 10 heteroatoms. The summed E-state index contributed by atoms with van der Waals surface area (Å²) in [6.07, 6.45) is 2.10. The Morgan fingerprint density at radius 3 is 1.88 bits per heavy atom. The highest BCUT2D eigenvalue weighted by atomic mass is 33.1. The normalized spacial score (nSPS) is 15.0. The summed E-state index contributed by atoms with van der Waals surface area (Å²) >= 11 is 0. The molecule has 0 amide bonds. The Morgan fingerprint density at radius 2 is 1.42 bits per heavy atom. The molecular formula is C14H34O6S2Si2. The lowest BCUT2D eigenvalue weighted by Gasteiger charge is -2.27. The summed E-state index contributed by atoms with van der Waals surface area (Å²) in [6.45, 7) is 4.69. The van der Waals surface area contributed by atoms with Crippen molar-refractivity contribution < 1.29 is 26.9 Å². The van der Waals surface area contributed by atoms with Crippen LogP contribution >= 0.6 is 21.6 Å². The largest absolute Gasteiger partial charge is 0.502 e. The topological polar surface area (TPSA) is 55.4 Å². The van der Waals surface area contributed by atoms with Crippen LogP contribution in [-0.2, 0) is 26.9 Å². The van der Waals surface area contributed by atoms with Crippen LogP contribution in [0.3, 0.4) is 0 Å². The van der Waals surface area contributed by atoms with Gasteiger partial charge < -0.3 is 26.9 Å². The summed E-state index contributed by atoms with van der Waals surface area (Å²) in [4.78, 5) is 0. The van der Waals surface area contributed by atoms with Crippen LogP contribution in [0.4, 0.5) is 0 Å². The van der Waals surface area contributed by atoms with E-state index in [9.17, 15) is 0 Å². The Kier molecular flexibility index (Phi) is 15.6. The molecule has 2 unspecified atom stereocenters. The van der Waals surface area contributed by atoms with E-state index in [1.165, 1.54) is 0 Å². The van der Waals surface area contributed by atoms with Gasteiger partial charge in [0.2, 0.25) is 0 Å². The summed E-state index contributed by atoms with van der Waals surface area (Å²) < 4.78 is 32.4. The van der Waals surface area contributed by atoms with Crippen LogP contribution in [0.25, 0.3) is 0 Å². The molecule has 0 spiro atoms. The fourth-order valence-corrected chi connectivity index (χ4v) is 8.46. The molecule has 0 fully saturated rings. The van der Waals surface area contributed by atoms with Crippen molar-refractivity contribution in [3.05, 3.63) is 0 Å². The van der Waals surface area contributed by atoms with Gasteiger partial charge in [-0.1, -0.05) is 35.4 Å². The minimum absolute atomic E-state index is 0.200. The minimum atomic E-state index is -2.60. The molecule has 0 N–H and O–H groups in total. The number of hydrogen-bond donors (Lipinski definition) is 0. The Morgan fingerprint density at radius 1 is 0.875 bits per heavy atom. The first-order valence-electron chi connectivity index (χ1n) is 8.07. The lowest BCUT2D eigenvalue weighted by atomic mass is 10.4. The van der Waals surface area contributed by atoms with E-state index in [0.717, 1.165) is 24.9 Å². The van der Waals surface area contributed by atoms with Crippen molar-refractivity contribution in [2.75, 3.05) is 42.3 Å². The second-order valence-electron chi connectivity index (χ2n) is 5.47. The predicted octanol–water partition coefficient (Wildman–Crippen LogP) is 3.29. The molecular weight excluding hydrogens is 384 g/mol. The van der Waals surface area contributed by atoms with Gasteiger partial charge in [0.1, 0.15) is 6.79 Å². The summed E-state index contributed by atoms with van der Waals surface area (Å²) in [7, 11) is 8.17. The molecule has 24 heavy (non-hydrogen) atoms. The Hall–Kier alpha value is 0.894. The molecule has 0 aliphatic carbocycles. The first kappa shape index (κ1) is 24.9. The molecule has 6 nitrogen and oxygen atoms in total. The number of hydrogen-bond acceptors (Lipinski definition) is 8. The molecule has 0 bridgehead atoms. The molecule has 0 aromatic heterocycles. The van der Waals surface area contributed by atoms with Gasteiger partial charge in [0, 0.05) is 52.1 Å². The van der Waals surface area contributed by atoms with E-state index >= 15 is 0 Å². The van der Waals surface area contributed by atoms with Crippen molar-refractivity contribution in [2.24, 2.45) is 0 Å². The average Bonchev–Trinajstić information content (AvgIpc) is 2.61. The van der Waals surface area contributed by atoms with E-state index in [4.69, 9.17) is 26.9 Å². The third-order valence-corrected chi connectivity index (χ3v) is 11.7. The standard InChI is InChI=1S/C14H34O6S2Si2/c1-13(8-10-23(16-4)17-5)21-22-14(2)9-11-24(18-6,19-7)20-12-15-3/h13-14,23H,8-12H2,1-7H3. The predicted molar refractivity (Wildman–Crippen MR) is 107 cm³/mol. The van der Waals surface area contributed by atoms with Crippen LogP contribution in [0.15, 0.2) is 0 Å². The van der Waals surface area contributed by atoms with Crippen molar-refractivity contribution in [1.29, 1.82) is 0 Å². The zero-order chi connectivity index (χ0) is 18.4. The van der Waals surface area contributed by atoms with Crippen molar-refractivity contribution >= 4 is 39.7 Å². The molecule has 0 aromatic rings. The zero-order valence-electron chi connectivity index (χ0n) is 16.0. The van der Waals surface area contributed by atoms with Gasteiger partial charge in [-0.2, -0.15) is 0 Å². The zero-order valence-corrected chi connectivity index (χ0v) is 19.8. The van der Waals surface area contributed by atoms with Crippen molar-refractivity contribution in [2.45, 2.75) is 49.3 Å². The summed E-state index contributed by atoms with van der Waals surface area (Å²) in [5.41, 5.74) is 0. The molecule has 0 rings (SSSR count). The van der Waals surface area contributed by atoms with Gasteiger partial charge in [0.15, 0.2) is 0 Å². The molecule has 146 valence electrons. The highest BCUT2D eigenvalue weighted by molar-refractivity contribution is 8.77. The van der Waals surface area contributed by atoms with Gasteiger partial charge in [-0.3, -0.25) is 0 Å². The third-order valence-electron chi connectivity index (χ3n) is 3.59. The maximum atomic E-state index is 5.68. The number of rotatable bonds is 16. The van der Waals surface area contributed by atoms with Gasteiger partial charge in [-0.15, -0.1) is 0 Å². The molecule has 0 aromatic carbocycles. The van der Waals surface area contributed by atoms with Gasteiger partial charge in [0.05, 0.1) is 0 Å². The lowest BCUT2D eigenvalue weighted by Crippen LogP contribution is -2.44. The Balaban J connectivity index is 4.08. The molecule has 2 atom stereocenters. The van der Waals surface area contributed by atoms with Gasteiger partial charge >= 0.3 is 18.1 Å². The first-order valence-corrected chi connectivity index (χ1v) is 14.0. The van der Waals surface area contributed by atoms with Crippen molar-refractivity contribution in [3.63, 3.8) is 0 Å². The van der Waals surface area contributed by atoms with E-state index in [0.29, 0.717) is 10.5 Å². The van der Waals surface area contributed by atoms with Gasteiger partial charge in [-0.25, -0.2) is 0 Å². The van der Waals surface area contributed by atoms with Crippen LogP contribution < -0.4 is 0 Å². The van der Waals surface area contributed by atoms with E-state index in [-0.39, 0.29) is 6.79 Å². The molecule has 0 saturated heterocycles. The first-order chi connectivity index (χ1) is 11.5. The number of methoxy groups -OCH3 is 1. The molecule has 0 aliphatic rings. The maximum absolute atomic E-state index is 5.68. The fraction of sp³-hybridized carbons (Fsp3) is 1.00. The quantitative estimate of drug-likeness (QED) is 0.215. The highest BCUT2D eigenvalue weighted by Gasteiger charge is 2.39. The second kappa shape index (κ2) is 15.0. The number of ether oxygens (including phenoxy) is 1. The SMILES string of the molecule is COCO[Si](CCC(C)SSC(C)CC[SiH](OC)OC)(OC)OC. The van der Waals surface area contributed by atoms with Gasteiger partial charge in [0.25, 0.3) is 0 Å². The Labute approximate surface area is 158 Å². The molecule has 0 aliphatic heterocycles. The summed E-state index contributed by atoms with van der Waals surface area (Å²) in [5, 5.41) is 1.08. The summed E-state index contributed by atoms with van der Waals surface area (Å²) in [6, 6.07) is 1.83. The van der Waals surface area contributed by atoms with Crippen molar-refractivity contribution in [3.8, 4) is 0 Å². The van der Waals surface area contributed by atoms with E-state index in [1.807, 2.05) is 21.6 Å². The van der Waals surface area contributed by atoms with Gasteiger partial charge in [-0.05, 0) is 18.9 Å². The van der Waals surface area contributed by atoms with E-state index in [2.05, 4.69) is 13.8 Å². The van der Waals surface area contributed by atoms with Crippen LogP contribution in [-0.4, -0.2) is 70.9 Å². The highest BCUT2D eigenvalue weighted by Crippen LogP contribution is 2.36. The third kappa shape index (κ3) is 10.8. The Bertz CT molecular complexity index is 296. The lowest BCUT2D eigenvalue weighted by molar-refractivity contribution is -0.0108. The van der Waals surface area contributed by atoms with E-state index < -0.39 is 18.1 Å². The van der Waals surface area contributed by atoms with Crippen LogP contribution in [0.2, 0.25) is 12.1 Å². The van der Waals surface area contributed by atoms with Crippen LogP contribution in [0.5, 0.6) is 0 Å². The van der Waals surface area contributed by atoms with Crippen LogP contribution in [0, 0.1) is 0 Å². The second-order valence-corrected chi connectivity index (χ2v) is 14.0. The maximum Gasteiger partial charge on any atom is 0.502 e. The molecule has 0 saturated carbocycles. The smallest absolute Gasteiger partial charge is 0.400 e. The summed E-state index contributed by atoms with van der Waals surface area (Å²) in [5.74, 6) is 0.